The van der Waals surface area contributed by atoms with Crippen LogP contribution in [0.3, 0.4) is 0 Å². The lowest BCUT2D eigenvalue weighted by Gasteiger charge is -2.16. The number of nitrogens with zero attached hydrogens (tertiary/aromatic N) is 1. The van der Waals surface area contributed by atoms with Crippen LogP contribution in [-0.2, 0) is 14.8 Å². The number of hydrogen-bond donors (Lipinski definition) is 2. The highest BCUT2D eigenvalue weighted by atomic mass is 32.2. The fourth-order valence-electron chi connectivity index (χ4n) is 2.23. The van der Waals surface area contributed by atoms with Gasteiger partial charge in [-0.3, -0.25) is 9.52 Å². The second kappa shape index (κ2) is 8.36. The molecule has 0 aliphatic carbocycles. The first kappa shape index (κ1) is 19.3. The lowest BCUT2D eigenvalue weighted by molar-refractivity contribution is -0.123. The molecule has 8 heteroatoms. The van der Waals surface area contributed by atoms with E-state index in [4.69, 9.17) is 10.00 Å². The Balaban J connectivity index is 1.92. The number of carbonyl (C=O) groups is 1. The van der Waals surface area contributed by atoms with E-state index in [0.717, 1.165) is 11.8 Å². The molecule has 2 N–H and O–H groups in total. The van der Waals surface area contributed by atoms with E-state index in [1.807, 2.05) is 6.07 Å². The molecule has 0 fully saturated rings. The smallest absolute Gasteiger partial charge is 0.258 e. The first-order valence-electron chi connectivity index (χ1n) is 7.77. The summed E-state index contributed by atoms with van der Waals surface area (Å²) < 4.78 is 30.4. The molecule has 0 radical (unpaired) electrons. The van der Waals surface area contributed by atoms with Crippen molar-refractivity contribution >= 4 is 21.6 Å². The third kappa shape index (κ3) is 6.11. The normalized spacial score (nSPS) is 11.9. The molecule has 1 atom stereocenters. The molecule has 0 saturated heterocycles. The molecular weight excluding hydrogens is 354 g/mol. The number of nitrogens with one attached hydrogen (secondary N) is 2. The van der Waals surface area contributed by atoms with Gasteiger partial charge in [-0.05, 0) is 48.9 Å². The SMILES string of the molecule is C[C@H](NC(=O)COc1ccc(C#N)cc1)c1cccc(NS(C)(=O)=O)c1. The van der Waals surface area contributed by atoms with Gasteiger partial charge in [0.1, 0.15) is 5.75 Å². The van der Waals surface area contributed by atoms with Crippen LogP contribution in [0.5, 0.6) is 5.75 Å². The molecule has 0 bridgehead atoms. The van der Waals surface area contributed by atoms with Crippen LogP contribution in [0.2, 0.25) is 0 Å². The quantitative estimate of drug-likeness (QED) is 0.773. The van der Waals surface area contributed by atoms with Crippen LogP contribution in [-0.4, -0.2) is 27.2 Å². The summed E-state index contributed by atoms with van der Waals surface area (Å²) in [7, 11) is -3.36. The van der Waals surface area contributed by atoms with Crippen LogP contribution in [0.15, 0.2) is 48.5 Å². The van der Waals surface area contributed by atoms with Crippen molar-refractivity contribution in [3.63, 3.8) is 0 Å². The molecule has 26 heavy (non-hydrogen) atoms. The van der Waals surface area contributed by atoms with Gasteiger partial charge in [-0.25, -0.2) is 8.42 Å². The van der Waals surface area contributed by atoms with Gasteiger partial charge in [0.25, 0.3) is 5.91 Å². The van der Waals surface area contributed by atoms with Crippen molar-refractivity contribution < 1.29 is 17.9 Å². The van der Waals surface area contributed by atoms with Gasteiger partial charge in [-0.1, -0.05) is 12.1 Å². The monoisotopic (exact) mass is 373 g/mol. The highest BCUT2D eigenvalue weighted by Gasteiger charge is 2.11. The Kier molecular flexibility index (Phi) is 6.20. The Morgan fingerprint density at radius 3 is 2.54 bits per heavy atom. The standard InChI is InChI=1S/C18H19N3O4S/c1-13(15-4-3-5-16(10-15)21-26(2,23)24)20-18(22)12-25-17-8-6-14(11-19)7-9-17/h3-10,13,21H,12H2,1-2H3,(H,20,22)/t13-/m0/s1. The predicted molar refractivity (Wildman–Crippen MR) is 98.1 cm³/mol. The fraction of sp³-hybridized carbons (Fsp3) is 0.222. The molecule has 0 saturated carbocycles. The van der Waals surface area contributed by atoms with Crippen molar-refractivity contribution in [3.05, 3.63) is 59.7 Å². The molecule has 0 aliphatic rings. The molecule has 2 aromatic carbocycles. The third-order valence-corrected chi connectivity index (χ3v) is 4.03. The Bertz CT molecular complexity index is 918. The Labute approximate surface area is 152 Å². The van der Waals surface area contributed by atoms with Gasteiger partial charge >= 0.3 is 0 Å². The summed E-state index contributed by atoms with van der Waals surface area (Å²) >= 11 is 0. The average molecular weight is 373 g/mol. The zero-order chi connectivity index (χ0) is 19.2. The van der Waals surface area contributed by atoms with E-state index in [0.29, 0.717) is 17.0 Å². The minimum absolute atomic E-state index is 0.169. The van der Waals surface area contributed by atoms with Gasteiger partial charge in [0.05, 0.1) is 23.9 Å². The van der Waals surface area contributed by atoms with E-state index in [1.54, 1.807) is 55.5 Å². The maximum absolute atomic E-state index is 12.0. The van der Waals surface area contributed by atoms with E-state index >= 15 is 0 Å². The molecule has 0 unspecified atom stereocenters. The Morgan fingerprint density at radius 2 is 1.92 bits per heavy atom. The van der Waals surface area contributed by atoms with Gasteiger partial charge < -0.3 is 10.1 Å². The number of hydrogen-bond acceptors (Lipinski definition) is 5. The fourth-order valence-corrected chi connectivity index (χ4v) is 2.78. The van der Waals surface area contributed by atoms with Crippen molar-refractivity contribution in [2.24, 2.45) is 0 Å². The van der Waals surface area contributed by atoms with Crippen LogP contribution >= 0.6 is 0 Å². The largest absolute Gasteiger partial charge is 0.484 e. The van der Waals surface area contributed by atoms with Gasteiger partial charge in [0, 0.05) is 5.69 Å². The second-order valence-electron chi connectivity index (χ2n) is 5.71. The summed E-state index contributed by atoms with van der Waals surface area (Å²) in [6, 6.07) is 14.9. The van der Waals surface area contributed by atoms with Crippen LogP contribution in [0.25, 0.3) is 0 Å². The molecule has 0 spiro atoms. The average Bonchev–Trinajstić information content (AvgIpc) is 2.59. The maximum atomic E-state index is 12.0. The van der Waals surface area contributed by atoms with Gasteiger partial charge in [-0.15, -0.1) is 0 Å². The highest BCUT2D eigenvalue weighted by Crippen LogP contribution is 2.18. The van der Waals surface area contributed by atoms with Crippen molar-refractivity contribution in [1.82, 2.24) is 5.32 Å². The van der Waals surface area contributed by atoms with Crippen LogP contribution in [0.1, 0.15) is 24.1 Å². The van der Waals surface area contributed by atoms with Crippen molar-refractivity contribution in [2.75, 3.05) is 17.6 Å². The molecule has 136 valence electrons. The van der Waals surface area contributed by atoms with Gasteiger partial charge in [0.15, 0.2) is 6.61 Å². The van der Waals surface area contributed by atoms with Crippen LogP contribution < -0.4 is 14.8 Å². The lowest BCUT2D eigenvalue weighted by atomic mass is 10.1. The van der Waals surface area contributed by atoms with E-state index in [9.17, 15) is 13.2 Å². The first-order chi connectivity index (χ1) is 12.3. The third-order valence-electron chi connectivity index (χ3n) is 3.42. The predicted octanol–water partition coefficient (Wildman–Crippen LogP) is 2.19. The number of rotatable bonds is 7. The van der Waals surface area contributed by atoms with Crippen molar-refractivity contribution in [1.29, 1.82) is 5.26 Å². The molecule has 0 aliphatic heterocycles. The van der Waals surface area contributed by atoms with E-state index < -0.39 is 10.0 Å². The second-order valence-corrected chi connectivity index (χ2v) is 7.46. The van der Waals surface area contributed by atoms with Crippen LogP contribution in [0, 0.1) is 11.3 Å². The summed E-state index contributed by atoms with van der Waals surface area (Å²) in [5.41, 5.74) is 1.70. The molecule has 0 heterocycles. The van der Waals surface area contributed by atoms with Crippen molar-refractivity contribution in [2.45, 2.75) is 13.0 Å². The molecule has 2 rings (SSSR count). The number of amides is 1. The molecule has 0 aromatic heterocycles. The molecular formula is C18H19N3O4S. The summed E-state index contributed by atoms with van der Waals surface area (Å²) in [5.74, 6) is 0.175. The zero-order valence-electron chi connectivity index (χ0n) is 14.4. The van der Waals surface area contributed by atoms with E-state index in [1.165, 1.54) is 0 Å². The van der Waals surface area contributed by atoms with Gasteiger partial charge in [0.2, 0.25) is 10.0 Å². The van der Waals surface area contributed by atoms with Gasteiger partial charge in [-0.2, -0.15) is 5.26 Å². The van der Waals surface area contributed by atoms with E-state index in [2.05, 4.69) is 10.0 Å². The van der Waals surface area contributed by atoms with E-state index in [-0.39, 0.29) is 18.6 Å². The minimum atomic E-state index is -3.36. The maximum Gasteiger partial charge on any atom is 0.258 e. The highest BCUT2D eigenvalue weighted by molar-refractivity contribution is 7.92. The van der Waals surface area contributed by atoms with Crippen LogP contribution in [0.4, 0.5) is 5.69 Å². The zero-order valence-corrected chi connectivity index (χ0v) is 15.2. The number of nitriles is 1. The Hall–Kier alpha value is -3.05. The molecule has 7 nitrogen and oxygen atoms in total. The number of carbonyl (C=O) groups excluding carboxylic acids is 1. The lowest BCUT2D eigenvalue weighted by Crippen LogP contribution is -2.31. The Morgan fingerprint density at radius 1 is 1.23 bits per heavy atom. The summed E-state index contributed by atoms with van der Waals surface area (Å²) in [5, 5.41) is 11.5. The minimum Gasteiger partial charge on any atom is -0.484 e. The summed E-state index contributed by atoms with van der Waals surface area (Å²) in [4.78, 5) is 12.0. The summed E-state index contributed by atoms with van der Waals surface area (Å²) in [6.07, 6.45) is 1.07. The number of ether oxygens (including phenoxy) is 1. The number of benzene rings is 2. The topological polar surface area (TPSA) is 108 Å². The molecule has 1 amide bonds. The first-order valence-corrected chi connectivity index (χ1v) is 9.66. The summed E-state index contributed by atoms with van der Waals surface area (Å²) in [6.45, 7) is 1.62. The molecule has 2 aromatic rings. The number of anilines is 1. The number of sulfonamides is 1. The van der Waals surface area contributed by atoms with Crippen molar-refractivity contribution in [3.8, 4) is 11.8 Å².